The Bertz CT molecular complexity index is 630. The summed E-state index contributed by atoms with van der Waals surface area (Å²) in [5, 5.41) is 0. The molecule has 2 rings (SSSR count). The Labute approximate surface area is 131 Å². The molecule has 2 unspecified atom stereocenters. The first kappa shape index (κ1) is 16.9. The Morgan fingerprint density at radius 3 is 2.86 bits per heavy atom. The maximum atomic E-state index is 12.3. The fraction of sp³-hybridized carbons (Fsp3) is 0.533. The van der Waals surface area contributed by atoms with Gasteiger partial charge in [0.2, 0.25) is 10.0 Å². The fourth-order valence-electron chi connectivity index (χ4n) is 2.87. The van der Waals surface area contributed by atoms with E-state index in [4.69, 9.17) is 5.73 Å². The number of carbonyl (C=O) groups is 1. The van der Waals surface area contributed by atoms with Gasteiger partial charge in [-0.15, -0.1) is 0 Å². The molecule has 0 aromatic heterocycles. The Kier molecular flexibility index (Phi) is 5.55. The van der Waals surface area contributed by atoms with E-state index in [2.05, 4.69) is 9.46 Å². The Morgan fingerprint density at radius 1 is 1.41 bits per heavy atom. The number of methoxy groups -OCH3 is 1. The summed E-state index contributed by atoms with van der Waals surface area (Å²) < 4.78 is 32.0. The van der Waals surface area contributed by atoms with Crippen LogP contribution in [0.4, 0.5) is 0 Å². The van der Waals surface area contributed by atoms with Gasteiger partial charge < -0.3 is 10.5 Å². The highest BCUT2D eigenvalue weighted by Gasteiger charge is 2.29. The number of ether oxygens (including phenoxy) is 1. The van der Waals surface area contributed by atoms with Gasteiger partial charge in [0.05, 0.1) is 18.4 Å². The number of benzene rings is 1. The molecule has 0 bridgehead atoms. The number of nitrogens with one attached hydrogen (secondary N) is 1. The lowest BCUT2D eigenvalue weighted by molar-refractivity contribution is 0.0600. The Morgan fingerprint density at radius 2 is 2.18 bits per heavy atom. The number of esters is 1. The number of carbonyl (C=O) groups excluding carboxylic acids is 1. The first-order valence-corrected chi connectivity index (χ1v) is 8.97. The van der Waals surface area contributed by atoms with E-state index in [0.717, 1.165) is 19.3 Å². The lowest BCUT2D eigenvalue weighted by Crippen LogP contribution is -2.40. The number of sulfonamides is 1. The van der Waals surface area contributed by atoms with Crippen LogP contribution in [0.3, 0.4) is 0 Å². The van der Waals surface area contributed by atoms with Crippen LogP contribution < -0.4 is 10.5 Å². The van der Waals surface area contributed by atoms with Crippen LogP contribution in [-0.2, 0) is 20.5 Å². The van der Waals surface area contributed by atoms with Crippen molar-refractivity contribution in [2.45, 2.75) is 31.1 Å². The van der Waals surface area contributed by atoms with E-state index in [1.165, 1.54) is 7.11 Å². The smallest absolute Gasteiger partial charge is 0.337 e. The minimum atomic E-state index is -3.47. The van der Waals surface area contributed by atoms with Crippen molar-refractivity contribution in [3.8, 4) is 0 Å². The zero-order valence-corrected chi connectivity index (χ0v) is 13.4. The highest BCUT2D eigenvalue weighted by molar-refractivity contribution is 7.88. The summed E-state index contributed by atoms with van der Waals surface area (Å²) in [4.78, 5) is 11.5. The van der Waals surface area contributed by atoms with Crippen molar-refractivity contribution in [2.24, 2.45) is 11.7 Å². The zero-order chi connectivity index (χ0) is 16.2. The molecule has 1 fully saturated rings. The van der Waals surface area contributed by atoms with Gasteiger partial charge in [-0.3, -0.25) is 0 Å². The molecule has 1 aromatic carbocycles. The lowest BCUT2D eigenvalue weighted by atomic mass is 10.1. The van der Waals surface area contributed by atoms with Crippen LogP contribution >= 0.6 is 0 Å². The second kappa shape index (κ2) is 7.21. The minimum Gasteiger partial charge on any atom is -0.465 e. The van der Waals surface area contributed by atoms with E-state index in [1.807, 2.05) is 0 Å². The molecule has 0 saturated heterocycles. The van der Waals surface area contributed by atoms with Crippen LogP contribution in [0.25, 0.3) is 0 Å². The molecule has 22 heavy (non-hydrogen) atoms. The molecular weight excluding hydrogens is 304 g/mol. The molecule has 122 valence electrons. The largest absolute Gasteiger partial charge is 0.465 e. The van der Waals surface area contributed by atoms with Gasteiger partial charge in [-0.25, -0.2) is 17.9 Å². The van der Waals surface area contributed by atoms with Gasteiger partial charge in [-0.05, 0) is 43.0 Å². The predicted octanol–water partition coefficient (Wildman–Crippen LogP) is 1.02. The first-order chi connectivity index (χ1) is 10.4. The molecule has 0 amide bonds. The molecule has 1 aliphatic carbocycles. The van der Waals surface area contributed by atoms with Crippen LogP contribution in [0.15, 0.2) is 24.3 Å². The quantitative estimate of drug-likeness (QED) is 0.761. The third-order valence-corrected chi connectivity index (χ3v) is 5.37. The van der Waals surface area contributed by atoms with Crippen molar-refractivity contribution in [2.75, 3.05) is 13.7 Å². The van der Waals surface area contributed by atoms with Crippen LogP contribution in [-0.4, -0.2) is 34.1 Å². The Hall–Kier alpha value is -1.44. The fourth-order valence-corrected chi connectivity index (χ4v) is 4.35. The van der Waals surface area contributed by atoms with Gasteiger partial charge in [-0.2, -0.15) is 0 Å². The topological polar surface area (TPSA) is 98.5 Å². The van der Waals surface area contributed by atoms with Crippen LogP contribution in [0.1, 0.15) is 35.2 Å². The van der Waals surface area contributed by atoms with Gasteiger partial charge in [0.1, 0.15) is 0 Å². The summed E-state index contributed by atoms with van der Waals surface area (Å²) in [5.41, 5.74) is 6.57. The lowest BCUT2D eigenvalue weighted by Gasteiger charge is -2.19. The molecule has 0 spiro atoms. The molecular formula is C15H22N2O4S. The maximum absolute atomic E-state index is 12.3. The van der Waals surface area contributed by atoms with Crippen molar-refractivity contribution < 1.29 is 17.9 Å². The molecule has 1 saturated carbocycles. The summed E-state index contributed by atoms with van der Waals surface area (Å²) in [7, 11) is -2.18. The average Bonchev–Trinajstić information content (AvgIpc) is 2.92. The molecule has 0 radical (unpaired) electrons. The van der Waals surface area contributed by atoms with E-state index < -0.39 is 16.0 Å². The number of nitrogens with two attached hydrogens (primary N) is 1. The monoisotopic (exact) mass is 326 g/mol. The second-order valence-electron chi connectivity index (χ2n) is 5.60. The number of rotatable bonds is 6. The summed E-state index contributed by atoms with van der Waals surface area (Å²) in [6.07, 6.45) is 2.78. The summed E-state index contributed by atoms with van der Waals surface area (Å²) in [5.74, 6) is -0.437. The highest BCUT2D eigenvalue weighted by atomic mass is 32.2. The van der Waals surface area contributed by atoms with Crippen LogP contribution in [0.2, 0.25) is 0 Å². The van der Waals surface area contributed by atoms with E-state index in [-0.39, 0.29) is 17.7 Å². The van der Waals surface area contributed by atoms with Crippen molar-refractivity contribution in [3.63, 3.8) is 0 Å². The maximum Gasteiger partial charge on any atom is 0.337 e. The minimum absolute atomic E-state index is 0.0845. The van der Waals surface area contributed by atoms with E-state index in [0.29, 0.717) is 17.7 Å². The highest BCUT2D eigenvalue weighted by Crippen LogP contribution is 2.25. The van der Waals surface area contributed by atoms with E-state index in [9.17, 15) is 13.2 Å². The van der Waals surface area contributed by atoms with Crippen molar-refractivity contribution in [1.82, 2.24) is 4.72 Å². The van der Waals surface area contributed by atoms with Gasteiger partial charge in [0.15, 0.2) is 0 Å². The van der Waals surface area contributed by atoms with Gasteiger partial charge in [0.25, 0.3) is 0 Å². The summed E-state index contributed by atoms with van der Waals surface area (Å²) >= 11 is 0. The molecule has 0 aliphatic heterocycles. The molecule has 1 aromatic rings. The molecule has 2 atom stereocenters. The van der Waals surface area contributed by atoms with Gasteiger partial charge in [0, 0.05) is 6.04 Å². The molecule has 6 nitrogen and oxygen atoms in total. The Balaban J connectivity index is 2.07. The molecule has 7 heteroatoms. The van der Waals surface area contributed by atoms with Crippen molar-refractivity contribution in [3.05, 3.63) is 35.4 Å². The summed E-state index contributed by atoms with van der Waals surface area (Å²) in [6.45, 7) is 0.491. The SMILES string of the molecule is COC(=O)c1cccc(CS(=O)(=O)NC2CCCC2CN)c1. The van der Waals surface area contributed by atoms with E-state index >= 15 is 0 Å². The molecule has 1 aliphatic rings. The van der Waals surface area contributed by atoms with Crippen molar-refractivity contribution in [1.29, 1.82) is 0 Å². The predicted molar refractivity (Wildman–Crippen MR) is 83.7 cm³/mol. The first-order valence-electron chi connectivity index (χ1n) is 7.32. The van der Waals surface area contributed by atoms with E-state index in [1.54, 1.807) is 24.3 Å². The van der Waals surface area contributed by atoms with Crippen LogP contribution in [0.5, 0.6) is 0 Å². The second-order valence-corrected chi connectivity index (χ2v) is 7.36. The zero-order valence-electron chi connectivity index (χ0n) is 12.6. The van der Waals surface area contributed by atoms with Crippen LogP contribution in [0, 0.1) is 5.92 Å². The number of hydrogen-bond donors (Lipinski definition) is 2. The van der Waals surface area contributed by atoms with Gasteiger partial charge >= 0.3 is 5.97 Å². The third-order valence-electron chi connectivity index (χ3n) is 4.00. The van der Waals surface area contributed by atoms with Gasteiger partial charge in [-0.1, -0.05) is 18.6 Å². The number of hydrogen-bond acceptors (Lipinski definition) is 5. The molecule has 3 N–H and O–H groups in total. The average molecular weight is 326 g/mol. The normalized spacial score (nSPS) is 21.7. The standard InChI is InChI=1S/C15H22N2O4S/c1-21-15(18)12-5-2-4-11(8-12)10-22(19,20)17-14-7-3-6-13(14)9-16/h2,4-5,8,13-14,17H,3,6-7,9-10,16H2,1H3. The van der Waals surface area contributed by atoms with Crippen molar-refractivity contribution >= 4 is 16.0 Å². The third kappa shape index (κ3) is 4.28. The molecule has 0 heterocycles. The summed E-state index contributed by atoms with van der Waals surface area (Å²) in [6, 6.07) is 6.38.